The summed E-state index contributed by atoms with van der Waals surface area (Å²) < 4.78 is 54.9. The fourth-order valence-corrected chi connectivity index (χ4v) is 2.55. The lowest BCUT2D eigenvalue weighted by atomic mass is 10.2. The maximum absolute atomic E-state index is 12.9. The molecule has 9 heteroatoms. The van der Waals surface area contributed by atoms with Gasteiger partial charge in [-0.3, -0.25) is 4.99 Å². The van der Waals surface area contributed by atoms with Crippen molar-refractivity contribution in [1.29, 1.82) is 0 Å². The van der Waals surface area contributed by atoms with E-state index in [1.807, 2.05) is 0 Å². The molecule has 1 aliphatic heterocycles. The van der Waals surface area contributed by atoms with Crippen molar-refractivity contribution in [3.63, 3.8) is 0 Å². The van der Waals surface area contributed by atoms with Gasteiger partial charge in [0.25, 0.3) is 0 Å². The van der Waals surface area contributed by atoms with Gasteiger partial charge in [0.05, 0.1) is 24.8 Å². The van der Waals surface area contributed by atoms with Crippen LogP contribution in [0.25, 0.3) is 0 Å². The van der Waals surface area contributed by atoms with Crippen LogP contribution < -0.4 is 15.4 Å². The summed E-state index contributed by atoms with van der Waals surface area (Å²) >= 11 is 0. The first kappa shape index (κ1) is 21.3. The highest BCUT2D eigenvalue weighted by atomic mass is 19.4. The van der Waals surface area contributed by atoms with Crippen LogP contribution in [0.15, 0.2) is 29.3 Å². The highest BCUT2D eigenvalue weighted by molar-refractivity contribution is 5.79. The molecule has 1 saturated heterocycles. The number of halogens is 3. The van der Waals surface area contributed by atoms with Crippen LogP contribution in [-0.4, -0.2) is 58.6 Å². The summed E-state index contributed by atoms with van der Waals surface area (Å²) in [4.78, 5) is 4.06. The minimum atomic E-state index is -4.44. The molecular formula is C18H26F3N3O3. The van der Waals surface area contributed by atoms with Gasteiger partial charge in [-0.2, -0.15) is 13.2 Å². The number of ether oxygens (including phenoxy) is 3. The number of alkyl halides is 3. The van der Waals surface area contributed by atoms with Crippen molar-refractivity contribution < 1.29 is 27.4 Å². The normalized spacial score (nSPS) is 17.8. The SMILES string of the molecule is CN=C(NCCCOC1CCOC1)NCCOc1ccccc1C(F)(F)F. The minimum absolute atomic E-state index is 0.0819. The molecule has 1 fully saturated rings. The third-order valence-corrected chi connectivity index (χ3v) is 3.92. The molecule has 1 aromatic rings. The topological polar surface area (TPSA) is 64.1 Å². The summed E-state index contributed by atoms with van der Waals surface area (Å²) in [6, 6.07) is 5.16. The lowest BCUT2D eigenvalue weighted by molar-refractivity contribution is -0.138. The second kappa shape index (κ2) is 11.0. The zero-order valence-electron chi connectivity index (χ0n) is 15.3. The van der Waals surface area contributed by atoms with Gasteiger partial charge < -0.3 is 24.8 Å². The maximum atomic E-state index is 12.9. The Morgan fingerprint density at radius 2 is 2.00 bits per heavy atom. The zero-order chi connectivity index (χ0) is 19.5. The maximum Gasteiger partial charge on any atom is 0.419 e. The first-order valence-electron chi connectivity index (χ1n) is 8.93. The number of nitrogens with one attached hydrogen (secondary N) is 2. The molecule has 0 saturated carbocycles. The summed E-state index contributed by atoms with van der Waals surface area (Å²) in [5.74, 6) is 0.384. The number of para-hydroxylation sites is 1. The van der Waals surface area contributed by atoms with Crippen LogP contribution in [0.2, 0.25) is 0 Å². The molecular weight excluding hydrogens is 363 g/mol. The van der Waals surface area contributed by atoms with Crippen molar-refractivity contribution in [2.45, 2.75) is 25.1 Å². The number of benzene rings is 1. The first-order chi connectivity index (χ1) is 13.0. The van der Waals surface area contributed by atoms with E-state index in [0.717, 1.165) is 25.5 Å². The summed E-state index contributed by atoms with van der Waals surface area (Å²) in [6.07, 6.45) is -2.49. The summed E-state index contributed by atoms with van der Waals surface area (Å²) in [6.45, 7) is 3.13. The highest BCUT2D eigenvalue weighted by Crippen LogP contribution is 2.35. The lowest BCUT2D eigenvalue weighted by Gasteiger charge is -2.15. The van der Waals surface area contributed by atoms with Gasteiger partial charge in [-0.15, -0.1) is 0 Å². The van der Waals surface area contributed by atoms with Crippen LogP contribution in [-0.2, 0) is 15.7 Å². The Labute approximate surface area is 157 Å². The van der Waals surface area contributed by atoms with Gasteiger partial charge in [-0.1, -0.05) is 12.1 Å². The van der Waals surface area contributed by atoms with Crippen LogP contribution in [0.3, 0.4) is 0 Å². The van der Waals surface area contributed by atoms with Crippen molar-refractivity contribution in [2.75, 3.05) is 46.6 Å². The number of guanidine groups is 1. The molecule has 1 unspecified atom stereocenters. The second-order valence-electron chi connectivity index (χ2n) is 5.98. The lowest BCUT2D eigenvalue weighted by Crippen LogP contribution is -2.40. The number of aliphatic imine (C=N–C) groups is 1. The van der Waals surface area contributed by atoms with Gasteiger partial charge in [0.1, 0.15) is 12.4 Å². The summed E-state index contributed by atoms with van der Waals surface area (Å²) in [5.41, 5.74) is -0.778. The predicted molar refractivity (Wildman–Crippen MR) is 96.1 cm³/mol. The van der Waals surface area contributed by atoms with E-state index in [0.29, 0.717) is 32.3 Å². The van der Waals surface area contributed by atoms with Crippen LogP contribution in [0.5, 0.6) is 5.75 Å². The van der Waals surface area contributed by atoms with E-state index in [-0.39, 0.29) is 18.5 Å². The molecule has 1 aliphatic rings. The Hall–Kier alpha value is -2.00. The van der Waals surface area contributed by atoms with Crippen molar-refractivity contribution >= 4 is 5.96 Å². The van der Waals surface area contributed by atoms with E-state index in [4.69, 9.17) is 14.2 Å². The Balaban J connectivity index is 1.61. The van der Waals surface area contributed by atoms with Crippen molar-refractivity contribution in [3.05, 3.63) is 29.8 Å². The molecule has 6 nitrogen and oxygen atoms in total. The fourth-order valence-electron chi connectivity index (χ4n) is 2.55. The van der Waals surface area contributed by atoms with Gasteiger partial charge in [-0.05, 0) is 25.0 Å². The number of hydrogen-bond acceptors (Lipinski definition) is 4. The Kier molecular flexibility index (Phi) is 8.66. The van der Waals surface area contributed by atoms with Crippen LogP contribution in [0.1, 0.15) is 18.4 Å². The third-order valence-electron chi connectivity index (χ3n) is 3.92. The highest BCUT2D eigenvalue weighted by Gasteiger charge is 2.33. The molecule has 2 N–H and O–H groups in total. The monoisotopic (exact) mass is 389 g/mol. The molecule has 27 heavy (non-hydrogen) atoms. The Bertz CT molecular complexity index is 591. The number of hydrogen-bond donors (Lipinski definition) is 2. The quantitative estimate of drug-likeness (QED) is 0.386. The zero-order valence-corrected chi connectivity index (χ0v) is 15.3. The average molecular weight is 389 g/mol. The number of rotatable bonds is 9. The van der Waals surface area contributed by atoms with E-state index >= 15 is 0 Å². The predicted octanol–water partition coefficient (Wildman–Crippen LogP) is 2.44. The third kappa shape index (κ3) is 7.64. The van der Waals surface area contributed by atoms with Gasteiger partial charge >= 0.3 is 6.18 Å². The van der Waals surface area contributed by atoms with Gasteiger partial charge in [0.2, 0.25) is 0 Å². The van der Waals surface area contributed by atoms with Crippen molar-refractivity contribution in [1.82, 2.24) is 10.6 Å². The Morgan fingerprint density at radius 1 is 1.22 bits per heavy atom. The molecule has 0 radical (unpaired) electrons. The van der Waals surface area contributed by atoms with Crippen LogP contribution >= 0.6 is 0 Å². The first-order valence-corrected chi connectivity index (χ1v) is 8.93. The second-order valence-corrected chi connectivity index (χ2v) is 5.98. The van der Waals surface area contributed by atoms with Crippen LogP contribution in [0, 0.1) is 0 Å². The number of nitrogens with zero attached hydrogens (tertiary/aromatic N) is 1. The van der Waals surface area contributed by atoms with Gasteiger partial charge in [-0.25, -0.2) is 0 Å². The Morgan fingerprint density at radius 3 is 2.70 bits per heavy atom. The van der Waals surface area contributed by atoms with E-state index in [9.17, 15) is 13.2 Å². The van der Waals surface area contributed by atoms with E-state index in [2.05, 4.69) is 15.6 Å². The molecule has 152 valence electrons. The smallest absolute Gasteiger partial charge is 0.419 e. The molecule has 0 spiro atoms. The van der Waals surface area contributed by atoms with E-state index in [1.165, 1.54) is 18.2 Å². The van der Waals surface area contributed by atoms with Crippen molar-refractivity contribution in [3.8, 4) is 5.75 Å². The molecule has 1 aromatic carbocycles. The van der Waals surface area contributed by atoms with E-state index in [1.54, 1.807) is 7.05 Å². The van der Waals surface area contributed by atoms with Gasteiger partial charge in [0.15, 0.2) is 5.96 Å². The molecule has 2 rings (SSSR count). The largest absolute Gasteiger partial charge is 0.491 e. The molecule has 0 aliphatic carbocycles. The van der Waals surface area contributed by atoms with Crippen LogP contribution in [0.4, 0.5) is 13.2 Å². The van der Waals surface area contributed by atoms with Gasteiger partial charge in [0, 0.05) is 26.8 Å². The summed E-state index contributed by atoms with van der Waals surface area (Å²) in [5, 5.41) is 6.12. The molecule has 1 heterocycles. The average Bonchev–Trinajstić information content (AvgIpc) is 3.16. The van der Waals surface area contributed by atoms with E-state index < -0.39 is 11.7 Å². The minimum Gasteiger partial charge on any atom is -0.491 e. The fraction of sp³-hybridized carbons (Fsp3) is 0.611. The van der Waals surface area contributed by atoms with Crippen molar-refractivity contribution in [2.24, 2.45) is 4.99 Å². The molecule has 0 aromatic heterocycles. The molecule has 1 atom stereocenters. The molecule has 0 bridgehead atoms. The standard InChI is InChI=1S/C18H26F3N3O3/c1-22-17(23-8-4-10-26-14-7-11-25-13-14)24-9-12-27-16-6-3-2-5-15(16)18(19,20)21/h2-3,5-6,14H,4,7-13H2,1H3,(H2,22,23,24). The summed E-state index contributed by atoms with van der Waals surface area (Å²) in [7, 11) is 1.63. The molecule has 0 amide bonds.